The van der Waals surface area contributed by atoms with Crippen LogP contribution >= 0.6 is 0 Å². The summed E-state index contributed by atoms with van der Waals surface area (Å²) in [7, 11) is -2.09. The van der Waals surface area contributed by atoms with Crippen LogP contribution in [0, 0.1) is 32.3 Å². The molecular formula is C48H65N7O7S. The summed E-state index contributed by atoms with van der Waals surface area (Å²) in [5.41, 5.74) is 12.8. The second kappa shape index (κ2) is 18.3. The van der Waals surface area contributed by atoms with E-state index in [4.69, 9.17) is 10.5 Å². The number of carbonyl (C=O) groups is 1. The lowest BCUT2D eigenvalue weighted by Gasteiger charge is -2.72. The molecule has 0 radical (unpaired) electrons. The highest BCUT2D eigenvalue weighted by Crippen LogP contribution is 2.78. The molecule has 1 spiro atoms. The lowest BCUT2D eigenvalue weighted by atomic mass is 9.32. The number of nitrogens with zero attached hydrogens (tertiary/aromatic N) is 3. The molecule has 6 aliphatic carbocycles. The smallest absolute Gasteiger partial charge is 0.293 e. The van der Waals surface area contributed by atoms with Crippen molar-refractivity contribution in [2.24, 2.45) is 27.9 Å². The fraction of sp³-hybridized carbons (Fsp3) is 0.542. The van der Waals surface area contributed by atoms with Crippen LogP contribution in [0.2, 0.25) is 0 Å². The minimum absolute atomic E-state index is 0. The van der Waals surface area contributed by atoms with Gasteiger partial charge in [0.05, 0.1) is 27.2 Å². The summed E-state index contributed by atoms with van der Waals surface area (Å²) in [6.07, 6.45) is 19.4. The van der Waals surface area contributed by atoms with Crippen LogP contribution in [0.1, 0.15) is 122 Å². The molecule has 1 amide bonds. The number of nitrogens with one attached hydrogen (secondary N) is 3. The van der Waals surface area contributed by atoms with Crippen LogP contribution in [0.25, 0.3) is 11.0 Å². The van der Waals surface area contributed by atoms with E-state index in [2.05, 4.69) is 31.8 Å². The third kappa shape index (κ3) is 9.67. The SMILES string of the molecule is CC12CC(C3=C(CN)CCC4(CCC4)C3)(C1)C2.CCN(CC)c1ccc(C(=O)NS(=O)c2ccc(NCC3CCC(C)(O)CC3)c([N+](=O)[O-])c2)c(Oc2cnc3[nH]ccc3c2)c1.O. The lowest BCUT2D eigenvalue weighted by Crippen LogP contribution is -2.62. The normalized spacial score (nSPS) is 25.8. The van der Waals surface area contributed by atoms with Crippen molar-refractivity contribution >= 4 is 45.0 Å². The topological polar surface area (TPSA) is 220 Å². The molecule has 0 aliphatic heterocycles. The number of benzene rings is 2. The monoisotopic (exact) mass is 883 g/mol. The van der Waals surface area contributed by atoms with Gasteiger partial charge in [-0.3, -0.25) is 19.6 Å². The number of rotatable bonds is 14. The van der Waals surface area contributed by atoms with Gasteiger partial charge in [-0.2, -0.15) is 0 Å². The number of aliphatic hydroxyl groups is 1. The Morgan fingerprint density at radius 2 is 1.78 bits per heavy atom. The maximum atomic E-state index is 13.5. The van der Waals surface area contributed by atoms with Crippen LogP contribution in [0.4, 0.5) is 17.1 Å². The zero-order chi connectivity index (χ0) is 43.9. The van der Waals surface area contributed by atoms with E-state index in [1.54, 1.807) is 42.2 Å². The number of anilines is 2. The van der Waals surface area contributed by atoms with Crippen molar-refractivity contribution in [2.75, 3.05) is 36.4 Å². The average molecular weight is 884 g/mol. The van der Waals surface area contributed by atoms with Gasteiger partial charge in [0.15, 0.2) is 11.0 Å². The van der Waals surface area contributed by atoms with Gasteiger partial charge in [-0.05, 0) is 156 Å². The minimum Gasteiger partial charge on any atom is -0.455 e. The van der Waals surface area contributed by atoms with Gasteiger partial charge in [0.2, 0.25) is 0 Å². The second-order valence-corrected chi connectivity index (χ2v) is 20.6. The Morgan fingerprint density at radius 3 is 2.41 bits per heavy atom. The van der Waals surface area contributed by atoms with Crippen LogP contribution < -0.4 is 25.4 Å². The first-order valence-corrected chi connectivity index (χ1v) is 23.7. The summed E-state index contributed by atoms with van der Waals surface area (Å²) >= 11 is 0. The van der Waals surface area contributed by atoms with E-state index in [-0.39, 0.29) is 33.3 Å². The number of nitro groups is 1. The molecule has 2 heterocycles. The summed E-state index contributed by atoms with van der Waals surface area (Å²) in [6, 6.07) is 13.0. The van der Waals surface area contributed by atoms with Crippen molar-refractivity contribution in [3.05, 3.63) is 87.7 Å². The van der Waals surface area contributed by atoms with E-state index in [0.717, 1.165) is 54.4 Å². The quantitative estimate of drug-likeness (QED) is 0.0460. The van der Waals surface area contributed by atoms with Crippen molar-refractivity contribution in [2.45, 2.75) is 122 Å². The number of hydrogen-bond donors (Lipinski definition) is 5. The first-order chi connectivity index (χ1) is 29.7. The number of aromatic amines is 1. The zero-order valence-corrected chi connectivity index (χ0v) is 38.0. The number of nitro benzene ring substituents is 1. The number of fused-ring (bicyclic) bond motifs is 1. The van der Waals surface area contributed by atoms with Crippen molar-refractivity contribution in [1.82, 2.24) is 14.7 Å². The zero-order valence-electron chi connectivity index (χ0n) is 37.2. The number of nitrogens with two attached hydrogens (primary N) is 1. The van der Waals surface area contributed by atoms with Gasteiger partial charge in [0.25, 0.3) is 11.6 Å². The van der Waals surface area contributed by atoms with Crippen molar-refractivity contribution in [3.8, 4) is 11.5 Å². The molecule has 0 saturated heterocycles. The highest BCUT2D eigenvalue weighted by atomic mass is 32.2. The molecule has 4 aromatic rings. The summed E-state index contributed by atoms with van der Waals surface area (Å²) in [5, 5.41) is 26.1. The molecule has 8 N–H and O–H groups in total. The number of aromatic nitrogens is 2. The molecule has 15 heteroatoms. The van der Waals surface area contributed by atoms with Gasteiger partial charge < -0.3 is 36.3 Å². The molecule has 340 valence electrons. The van der Waals surface area contributed by atoms with E-state index >= 15 is 0 Å². The van der Waals surface area contributed by atoms with E-state index in [1.165, 1.54) is 76.0 Å². The molecule has 5 fully saturated rings. The Kier molecular flexibility index (Phi) is 13.4. The highest BCUT2D eigenvalue weighted by Gasteiger charge is 2.67. The Hall–Kier alpha value is -4.83. The van der Waals surface area contributed by atoms with Crippen LogP contribution in [0.3, 0.4) is 0 Å². The van der Waals surface area contributed by atoms with Crippen molar-refractivity contribution < 1.29 is 29.2 Å². The predicted octanol–water partition coefficient (Wildman–Crippen LogP) is 8.88. The van der Waals surface area contributed by atoms with Gasteiger partial charge >= 0.3 is 0 Å². The maximum Gasteiger partial charge on any atom is 0.293 e. The largest absolute Gasteiger partial charge is 0.455 e. The molecule has 5 saturated carbocycles. The number of amides is 1. The average Bonchev–Trinajstić information content (AvgIpc) is 3.70. The van der Waals surface area contributed by atoms with Gasteiger partial charge in [0.1, 0.15) is 22.8 Å². The number of pyridine rings is 1. The number of ether oxygens (including phenoxy) is 1. The molecule has 6 aliphatic rings. The molecule has 2 aromatic heterocycles. The van der Waals surface area contributed by atoms with Crippen LogP contribution in [-0.2, 0) is 11.0 Å². The summed E-state index contributed by atoms with van der Waals surface area (Å²) in [5.74, 6) is 0.290. The fourth-order valence-corrected chi connectivity index (χ4v) is 12.0. The third-order valence-electron chi connectivity index (χ3n) is 14.8. The second-order valence-electron chi connectivity index (χ2n) is 19.4. The molecule has 2 aromatic carbocycles. The summed E-state index contributed by atoms with van der Waals surface area (Å²) in [4.78, 5) is 34.4. The van der Waals surface area contributed by atoms with Gasteiger partial charge in [-0.1, -0.05) is 24.5 Å². The first-order valence-electron chi connectivity index (χ1n) is 22.5. The highest BCUT2D eigenvalue weighted by molar-refractivity contribution is 7.83. The van der Waals surface area contributed by atoms with E-state index < -0.39 is 27.4 Å². The summed E-state index contributed by atoms with van der Waals surface area (Å²) in [6.45, 7) is 11.2. The van der Waals surface area contributed by atoms with E-state index in [0.29, 0.717) is 41.9 Å². The predicted molar refractivity (Wildman–Crippen MR) is 248 cm³/mol. The lowest BCUT2D eigenvalue weighted by molar-refractivity contribution is -0.384. The number of H-pyrrole nitrogens is 1. The number of allylic oxidation sites excluding steroid dienone is 1. The third-order valence-corrected chi connectivity index (χ3v) is 15.9. The Morgan fingerprint density at radius 1 is 1.05 bits per heavy atom. The Bertz CT molecular complexity index is 2360. The molecule has 2 bridgehead atoms. The van der Waals surface area contributed by atoms with Crippen molar-refractivity contribution in [1.29, 1.82) is 0 Å². The minimum atomic E-state index is -2.09. The molecule has 63 heavy (non-hydrogen) atoms. The molecule has 1 unspecified atom stereocenters. The van der Waals surface area contributed by atoms with Crippen LogP contribution in [0.5, 0.6) is 11.5 Å². The number of hydrogen-bond acceptors (Lipinski definition) is 10. The van der Waals surface area contributed by atoms with Gasteiger partial charge in [-0.15, -0.1) is 0 Å². The Balaban J connectivity index is 0.000000272. The van der Waals surface area contributed by atoms with Gasteiger partial charge in [0, 0.05) is 55.6 Å². The van der Waals surface area contributed by atoms with E-state index in [1.807, 2.05) is 32.4 Å². The maximum absolute atomic E-state index is 13.5. The van der Waals surface area contributed by atoms with E-state index in [9.17, 15) is 24.2 Å². The molecule has 10 rings (SSSR count). The van der Waals surface area contributed by atoms with Crippen molar-refractivity contribution in [3.63, 3.8) is 0 Å². The summed E-state index contributed by atoms with van der Waals surface area (Å²) < 4.78 is 21.9. The van der Waals surface area contributed by atoms with Gasteiger partial charge in [-0.25, -0.2) is 9.19 Å². The van der Waals surface area contributed by atoms with Crippen LogP contribution in [0.15, 0.2) is 77.0 Å². The molecule has 1 atom stereocenters. The molecular weight excluding hydrogens is 819 g/mol. The van der Waals surface area contributed by atoms with Crippen LogP contribution in [-0.4, -0.2) is 67.4 Å². The Labute approximate surface area is 372 Å². The fourth-order valence-electron chi connectivity index (χ4n) is 11.2. The first kappa shape index (κ1) is 46.2. The molecule has 14 nitrogen and oxygen atoms in total. The standard InChI is InChI=1S/C32H38N6O6S.C16H25N.H2O/c1-4-37(5-2)23-6-8-26(29(17-23)44-24-16-22-12-15-33-30(22)35-20-24)31(39)36-45(43)25-7-9-27(28(18-25)38(41)42)34-19-21-10-13-32(3,40)14-11-21;1-14-9-16(10-14,11-14)13-7-15(4-2-5-15)6-3-12(13)8-17;/h6-9,12,15-18,20-21,34,40H,4-5,10-11,13-14,19H2,1-3H3,(H,33,35)(H,36,39);2-11,17H2,1H3;1H2. The number of carbonyl (C=O) groups excluding carboxylic acids is 1.